The van der Waals surface area contributed by atoms with Crippen LogP contribution in [0.5, 0.6) is 0 Å². The number of pyridine rings is 1. The van der Waals surface area contributed by atoms with Gasteiger partial charge in [0.2, 0.25) is 0 Å². The predicted octanol–water partition coefficient (Wildman–Crippen LogP) is 2.17. The summed E-state index contributed by atoms with van der Waals surface area (Å²) in [5, 5.41) is 14.6. The van der Waals surface area contributed by atoms with Gasteiger partial charge >= 0.3 is 0 Å². The third-order valence-corrected chi connectivity index (χ3v) is 3.24. The highest BCUT2D eigenvalue weighted by molar-refractivity contribution is 5.97. The van der Waals surface area contributed by atoms with Gasteiger partial charge in [0.05, 0.1) is 0 Å². The maximum absolute atomic E-state index is 14.0. The zero-order valence-corrected chi connectivity index (χ0v) is 11.6. The smallest absolute Gasteiger partial charge is 0.170 e. The first-order valence-corrected chi connectivity index (χ1v) is 6.51. The van der Waals surface area contributed by atoms with Crippen LogP contribution in [0.3, 0.4) is 0 Å². The van der Waals surface area contributed by atoms with Crippen LogP contribution < -0.4 is 11.1 Å². The number of rotatable bonds is 5. The molecule has 0 bridgehead atoms. The monoisotopic (exact) mass is 288 g/mol. The van der Waals surface area contributed by atoms with Crippen molar-refractivity contribution in [1.29, 1.82) is 0 Å². The van der Waals surface area contributed by atoms with Gasteiger partial charge in [-0.3, -0.25) is 4.98 Å². The summed E-state index contributed by atoms with van der Waals surface area (Å²) in [6, 6.07) is 8.36. The second-order valence-corrected chi connectivity index (χ2v) is 4.68. The molecule has 0 radical (unpaired) electrons. The molecule has 110 valence electrons. The number of hydrogen-bond donors (Lipinski definition) is 3. The first kappa shape index (κ1) is 14.9. The largest absolute Gasteiger partial charge is 0.409 e. The van der Waals surface area contributed by atoms with Crippen LogP contribution in [-0.4, -0.2) is 16.0 Å². The van der Waals surface area contributed by atoms with Gasteiger partial charge in [-0.15, -0.1) is 0 Å². The summed E-state index contributed by atoms with van der Waals surface area (Å²) in [4.78, 5) is 4.05. The van der Waals surface area contributed by atoms with E-state index in [2.05, 4.69) is 15.5 Å². The van der Waals surface area contributed by atoms with Gasteiger partial charge in [-0.1, -0.05) is 23.4 Å². The van der Waals surface area contributed by atoms with E-state index in [9.17, 15) is 4.39 Å². The van der Waals surface area contributed by atoms with E-state index in [1.54, 1.807) is 24.5 Å². The molecular formula is C15H17FN4O. The lowest BCUT2D eigenvalue weighted by Crippen LogP contribution is -2.19. The SMILES string of the molecule is C[C@@H](NCc1ccc(/C(N)=N/O)cc1F)c1cccnc1. The standard InChI is InChI=1S/C15H17FN4O/c1-10(12-3-2-6-18-8-12)19-9-13-5-4-11(7-14(13)16)15(17)20-21/h2-8,10,19,21H,9H2,1H3,(H2,17,20)/t10-/m1/s1. The molecule has 0 aliphatic heterocycles. The fourth-order valence-electron chi connectivity index (χ4n) is 1.92. The highest BCUT2D eigenvalue weighted by Gasteiger charge is 2.09. The maximum atomic E-state index is 14.0. The number of aromatic nitrogens is 1. The normalized spacial score (nSPS) is 13.1. The quantitative estimate of drug-likeness (QED) is 0.341. The lowest BCUT2D eigenvalue weighted by molar-refractivity contribution is 0.318. The van der Waals surface area contributed by atoms with Crippen molar-refractivity contribution in [3.05, 3.63) is 65.2 Å². The molecule has 0 saturated heterocycles. The van der Waals surface area contributed by atoms with Crippen LogP contribution in [0.15, 0.2) is 47.9 Å². The number of hydrogen-bond acceptors (Lipinski definition) is 4. The summed E-state index contributed by atoms with van der Waals surface area (Å²) in [5.41, 5.74) is 7.32. The Balaban J connectivity index is 2.04. The Morgan fingerprint density at radius 1 is 1.48 bits per heavy atom. The van der Waals surface area contributed by atoms with Crippen molar-refractivity contribution in [2.45, 2.75) is 19.5 Å². The third kappa shape index (κ3) is 3.76. The molecule has 1 aromatic heterocycles. The molecule has 2 aromatic rings. The highest BCUT2D eigenvalue weighted by atomic mass is 19.1. The van der Waals surface area contributed by atoms with Gasteiger partial charge in [0.25, 0.3) is 0 Å². The Morgan fingerprint density at radius 2 is 2.29 bits per heavy atom. The lowest BCUT2D eigenvalue weighted by atomic mass is 10.1. The van der Waals surface area contributed by atoms with Crippen LogP contribution in [0.25, 0.3) is 0 Å². The second kappa shape index (κ2) is 6.81. The maximum Gasteiger partial charge on any atom is 0.170 e. The van der Waals surface area contributed by atoms with Crippen LogP contribution in [-0.2, 0) is 6.54 Å². The second-order valence-electron chi connectivity index (χ2n) is 4.68. The molecule has 0 amide bonds. The Morgan fingerprint density at radius 3 is 2.90 bits per heavy atom. The molecule has 0 saturated carbocycles. The van der Waals surface area contributed by atoms with E-state index in [-0.39, 0.29) is 11.9 Å². The minimum absolute atomic E-state index is 0.0573. The Labute approximate surface area is 122 Å². The summed E-state index contributed by atoms with van der Waals surface area (Å²) in [7, 11) is 0. The zero-order chi connectivity index (χ0) is 15.2. The molecule has 6 heteroatoms. The molecule has 1 heterocycles. The van der Waals surface area contributed by atoms with Crippen LogP contribution in [0, 0.1) is 5.82 Å². The summed E-state index contributed by atoms with van der Waals surface area (Å²) in [6.07, 6.45) is 3.48. The lowest BCUT2D eigenvalue weighted by Gasteiger charge is -2.14. The average molecular weight is 288 g/mol. The molecule has 0 spiro atoms. The summed E-state index contributed by atoms with van der Waals surface area (Å²) < 4.78 is 14.0. The van der Waals surface area contributed by atoms with Gasteiger partial charge in [-0.25, -0.2) is 4.39 Å². The van der Waals surface area contributed by atoms with E-state index in [1.807, 2.05) is 19.1 Å². The van der Waals surface area contributed by atoms with E-state index in [4.69, 9.17) is 10.9 Å². The van der Waals surface area contributed by atoms with Crippen LogP contribution in [0.1, 0.15) is 29.7 Å². The van der Waals surface area contributed by atoms with Crippen molar-refractivity contribution >= 4 is 5.84 Å². The molecule has 21 heavy (non-hydrogen) atoms. The summed E-state index contributed by atoms with van der Waals surface area (Å²) >= 11 is 0. The summed E-state index contributed by atoms with van der Waals surface area (Å²) in [6.45, 7) is 2.36. The van der Waals surface area contributed by atoms with Crippen molar-refractivity contribution in [2.24, 2.45) is 10.9 Å². The van der Waals surface area contributed by atoms with Crippen molar-refractivity contribution in [3.63, 3.8) is 0 Å². The molecular weight excluding hydrogens is 271 g/mol. The Hall–Kier alpha value is -2.47. The molecule has 0 aliphatic rings. The molecule has 0 aliphatic carbocycles. The van der Waals surface area contributed by atoms with Gasteiger partial charge in [-0.05, 0) is 24.6 Å². The van der Waals surface area contributed by atoms with E-state index in [0.717, 1.165) is 5.56 Å². The molecule has 4 N–H and O–H groups in total. The minimum Gasteiger partial charge on any atom is -0.409 e. The van der Waals surface area contributed by atoms with Crippen LogP contribution >= 0.6 is 0 Å². The van der Waals surface area contributed by atoms with E-state index in [1.165, 1.54) is 6.07 Å². The predicted molar refractivity (Wildman–Crippen MR) is 78.4 cm³/mol. The molecule has 0 unspecified atom stereocenters. The molecule has 1 aromatic carbocycles. The first-order valence-electron chi connectivity index (χ1n) is 6.51. The van der Waals surface area contributed by atoms with Gasteiger partial charge in [-0.2, -0.15) is 0 Å². The van der Waals surface area contributed by atoms with Gasteiger partial charge in [0.1, 0.15) is 5.82 Å². The van der Waals surface area contributed by atoms with Crippen LogP contribution in [0.2, 0.25) is 0 Å². The molecule has 5 nitrogen and oxygen atoms in total. The minimum atomic E-state index is -0.398. The van der Waals surface area contributed by atoms with Gasteiger partial charge in [0.15, 0.2) is 5.84 Å². The fourth-order valence-corrected chi connectivity index (χ4v) is 1.92. The number of nitrogens with zero attached hydrogens (tertiary/aromatic N) is 2. The van der Waals surface area contributed by atoms with Gasteiger partial charge in [0, 0.05) is 36.1 Å². The third-order valence-electron chi connectivity index (χ3n) is 3.24. The summed E-state index contributed by atoms with van der Waals surface area (Å²) in [5.74, 6) is -0.512. The molecule has 0 fully saturated rings. The molecule has 2 rings (SSSR count). The topological polar surface area (TPSA) is 83.5 Å². The highest BCUT2D eigenvalue weighted by Crippen LogP contribution is 2.14. The van der Waals surface area contributed by atoms with Gasteiger partial charge < -0.3 is 16.3 Å². The Kier molecular flexibility index (Phi) is 4.84. The first-order chi connectivity index (χ1) is 10.1. The number of nitrogens with one attached hydrogen (secondary N) is 1. The van der Waals surface area contributed by atoms with Crippen molar-refractivity contribution in [2.75, 3.05) is 0 Å². The van der Waals surface area contributed by atoms with Crippen molar-refractivity contribution < 1.29 is 9.60 Å². The van der Waals surface area contributed by atoms with E-state index >= 15 is 0 Å². The van der Waals surface area contributed by atoms with Crippen LogP contribution in [0.4, 0.5) is 4.39 Å². The number of benzene rings is 1. The Bertz CT molecular complexity index is 631. The molecule has 1 atom stereocenters. The average Bonchev–Trinajstić information content (AvgIpc) is 2.53. The number of nitrogens with two attached hydrogens (primary N) is 1. The zero-order valence-electron chi connectivity index (χ0n) is 11.6. The van der Waals surface area contributed by atoms with E-state index in [0.29, 0.717) is 17.7 Å². The van der Waals surface area contributed by atoms with Crippen molar-refractivity contribution in [1.82, 2.24) is 10.3 Å². The number of halogens is 1. The number of oxime groups is 1. The van der Waals surface area contributed by atoms with Crippen molar-refractivity contribution in [3.8, 4) is 0 Å². The fraction of sp³-hybridized carbons (Fsp3) is 0.200. The number of amidine groups is 1. The van der Waals surface area contributed by atoms with E-state index < -0.39 is 5.82 Å².